The van der Waals surface area contributed by atoms with Gasteiger partial charge in [-0.25, -0.2) is 4.99 Å². The van der Waals surface area contributed by atoms with Crippen LogP contribution in [0.1, 0.15) is 25.3 Å². The molecule has 74 valence electrons. The molecule has 0 aliphatic carbocycles. The normalized spacial score (nSPS) is 10.8. The van der Waals surface area contributed by atoms with Crippen molar-refractivity contribution in [2.24, 2.45) is 4.99 Å². The van der Waals surface area contributed by atoms with E-state index in [0.29, 0.717) is 5.92 Å². The van der Waals surface area contributed by atoms with E-state index in [-0.39, 0.29) is 0 Å². The van der Waals surface area contributed by atoms with Crippen LogP contribution in [0.3, 0.4) is 0 Å². The van der Waals surface area contributed by atoms with Crippen LogP contribution in [-0.4, -0.2) is 12.7 Å². The van der Waals surface area contributed by atoms with Gasteiger partial charge in [-0.2, -0.15) is 0 Å². The number of hydrogen-bond acceptors (Lipinski definition) is 1. The summed E-state index contributed by atoms with van der Waals surface area (Å²) in [4.78, 5) is 3.63. The Morgan fingerprint density at radius 1 is 1.29 bits per heavy atom. The molecular weight excluding hydrogens is 174 g/mol. The number of hydrogen-bond donors (Lipinski definition) is 2. The maximum atomic E-state index is 6.70. The second kappa shape index (κ2) is 5.17. The van der Waals surface area contributed by atoms with E-state index in [9.17, 15) is 0 Å². The summed E-state index contributed by atoms with van der Waals surface area (Å²) in [6, 6.07) is 8.19. The highest BCUT2D eigenvalue weighted by molar-refractivity contribution is 5.81. The average Bonchev–Trinajstić information content (AvgIpc) is 2.19. The largest absolute Gasteiger partial charge is 0.346 e. The Kier molecular flexibility index (Phi) is 3.85. The van der Waals surface area contributed by atoms with Gasteiger partial charge in [-0.3, -0.25) is 5.41 Å². The summed E-state index contributed by atoms with van der Waals surface area (Å²) in [5.41, 5.74) is 2.31. The molecule has 0 bridgehead atoms. The molecule has 1 aromatic rings. The number of benzene rings is 1. The van der Waals surface area contributed by atoms with E-state index >= 15 is 0 Å². The molecular formula is C11H15N3. The minimum Gasteiger partial charge on any atom is -0.346 e. The standard InChI is InChI=1S/C11H15N3/c1-9(2)10-3-5-11(6-4-10)14-8-13-7-12/h3-9H,1-2H3,(H2,12,13,14). The molecule has 0 aromatic heterocycles. The fourth-order valence-corrected chi connectivity index (χ4v) is 1.11. The topological polar surface area (TPSA) is 48.2 Å². The predicted molar refractivity (Wildman–Crippen MR) is 61.4 cm³/mol. The molecule has 0 fully saturated rings. The van der Waals surface area contributed by atoms with Crippen LogP contribution in [0, 0.1) is 5.41 Å². The molecule has 0 aliphatic heterocycles. The Hall–Kier alpha value is -1.64. The van der Waals surface area contributed by atoms with Gasteiger partial charge in [0.05, 0.1) is 6.34 Å². The van der Waals surface area contributed by atoms with Crippen LogP contribution < -0.4 is 5.32 Å². The molecule has 0 unspecified atom stereocenters. The van der Waals surface area contributed by atoms with Crippen molar-refractivity contribution in [1.82, 2.24) is 0 Å². The third-order valence-corrected chi connectivity index (χ3v) is 1.96. The first-order valence-corrected chi connectivity index (χ1v) is 4.61. The van der Waals surface area contributed by atoms with Crippen LogP contribution in [0.4, 0.5) is 5.69 Å². The smallest absolute Gasteiger partial charge is 0.108 e. The van der Waals surface area contributed by atoms with Gasteiger partial charge in [0, 0.05) is 5.69 Å². The van der Waals surface area contributed by atoms with Crippen LogP contribution in [0.25, 0.3) is 0 Å². The lowest BCUT2D eigenvalue weighted by Gasteiger charge is -2.05. The van der Waals surface area contributed by atoms with Crippen molar-refractivity contribution in [1.29, 1.82) is 5.41 Å². The molecule has 0 spiro atoms. The van der Waals surface area contributed by atoms with Gasteiger partial charge in [0.1, 0.15) is 6.34 Å². The van der Waals surface area contributed by atoms with Gasteiger partial charge in [0.2, 0.25) is 0 Å². The lowest BCUT2D eigenvalue weighted by molar-refractivity contribution is 0.867. The molecule has 2 N–H and O–H groups in total. The van der Waals surface area contributed by atoms with E-state index in [4.69, 9.17) is 5.41 Å². The Labute approximate surface area is 84.4 Å². The molecule has 0 atom stereocenters. The minimum atomic E-state index is 0.555. The van der Waals surface area contributed by atoms with Crippen LogP contribution >= 0.6 is 0 Å². The van der Waals surface area contributed by atoms with Crippen molar-refractivity contribution in [3.63, 3.8) is 0 Å². The number of nitrogens with zero attached hydrogens (tertiary/aromatic N) is 1. The second-order valence-electron chi connectivity index (χ2n) is 3.33. The molecule has 14 heavy (non-hydrogen) atoms. The SMILES string of the molecule is CC(C)c1ccc(N/C=N\C=N)cc1. The van der Waals surface area contributed by atoms with E-state index in [0.717, 1.165) is 12.0 Å². The van der Waals surface area contributed by atoms with Crippen molar-refractivity contribution >= 4 is 18.4 Å². The van der Waals surface area contributed by atoms with Crippen molar-refractivity contribution in [3.05, 3.63) is 29.8 Å². The molecule has 1 aromatic carbocycles. The van der Waals surface area contributed by atoms with E-state index in [1.807, 2.05) is 12.1 Å². The third kappa shape index (κ3) is 3.01. The zero-order valence-corrected chi connectivity index (χ0v) is 8.49. The molecule has 0 saturated carbocycles. The van der Waals surface area contributed by atoms with Crippen LogP contribution in [-0.2, 0) is 0 Å². The Morgan fingerprint density at radius 3 is 2.43 bits per heavy atom. The van der Waals surface area contributed by atoms with Gasteiger partial charge in [0.15, 0.2) is 0 Å². The quantitative estimate of drug-likeness (QED) is 0.555. The first-order valence-electron chi connectivity index (χ1n) is 4.61. The van der Waals surface area contributed by atoms with Gasteiger partial charge in [-0.1, -0.05) is 26.0 Å². The fourth-order valence-electron chi connectivity index (χ4n) is 1.11. The van der Waals surface area contributed by atoms with E-state index in [2.05, 4.69) is 36.3 Å². The molecule has 0 heterocycles. The van der Waals surface area contributed by atoms with Gasteiger partial charge >= 0.3 is 0 Å². The van der Waals surface area contributed by atoms with Crippen LogP contribution in [0.2, 0.25) is 0 Å². The van der Waals surface area contributed by atoms with E-state index in [1.165, 1.54) is 11.9 Å². The Bertz CT molecular complexity index is 312. The molecule has 1 rings (SSSR count). The zero-order valence-electron chi connectivity index (χ0n) is 8.49. The summed E-state index contributed by atoms with van der Waals surface area (Å²) >= 11 is 0. The van der Waals surface area contributed by atoms with E-state index in [1.54, 1.807) is 0 Å². The summed E-state index contributed by atoms with van der Waals surface area (Å²) in [7, 11) is 0. The maximum Gasteiger partial charge on any atom is 0.108 e. The number of aliphatic imine (C=N–C) groups is 1. The molecule has 0 amide bonds. The number of anilines is 1. The van der Waals surface area contributed by atoms with Crippen molar-refractivity contribution in [2.75, 3.05) is 5.32 Å². The first-order chi connectivity index (χ1) is 6.74. The summed E-state index contributed by atoms with van der Waals surface area (Å²) in [5, 5.41) is 9.66. The van der Waals surface area contributed by atoms with Gasteiger partial charge < -0.3 is 5.32 Å². The number of rotatable bonds is 4. The first kappa shape index (κ1) is 10.4. The zero-order chi connectivity index (χ0) is 10.4. The minimum absolute atomic E-state index is 0.555. The fraction of sp³-hybridized carbons (Fsp3) is 0.273. The lowest BCUT2D eigenvalue weighted by Crippen LogP contribution is -1.95. The van der Waals surface area contributed by atoms with Crippen molar-refractivity contribution in [3.8, 4) is 0 Å². The van der Waals surface area contributed by atoms with Crippen LogP contribution in [0.5, 0.6) is 0 Å². The Morgan fingerprint density at radius 2 is 1.93 bits per heavy atom. The highest BCUT2D eigenvalue weighted by atomic mass is 14.9. The highest BCUT2D eigenvalue weighted by Crippen LogP contribution is 2.16. The summed E-state index contributed by atoms with van der Waals surface area (Å²) in [6.07, 6.45) is 2.49. The van der Waals surface area contributed by atoms with Crippen molar-refractivity contribution < 1.29 is 0 Å². The summed E-state index contributed by atoms with van der Waals surface area (Å²) in [6.45, 7) is 4.33. The summed E-state index contributed by atoms with van der Waals surface area (Å²) < 4.78 is 0. The lowest BCUT2D eigenvalue weighted by atomic mass is 10.0. The average molecular weight is 189 g/mol. The predicted octanol–water partition coefficient (Wildman–Crippen LogP) is 2.86. The monoisotopic (exact) mass is 189 g/mol. The Balaban J connectivity index is 2.64. The van der Waals surface area contributed by atoms with Gasteiger partial charge in [0.25, 0.3) is 0 Å². The molecule has 0 radical (unpaired) electrons. The van der Waals surface area contributed by atoms with Crippen molar-refractivity contribution in [2.45, 2.75) is 19.8 Å². The third-order valence-electron chi connectivity index (χ3n) is 1.96. The van der Waals surface area contributed by atoms with E-state index < -0.39 is 0 Å². The maximum absolute atomic E-state index is 6.70. The van der Waals surface area contributed by atoms with Crippen LogP contribution in [0.15, 0.2) is 29.3 Å². The molecule has 0 aliphatic rings. The molecule has 3 heteroatoms. The summed E-state index contributed by atoms with van der Waals surface area (Å²) in [5.74, 6) is 0.555. The molecule has 0 saturated heterocycles. The number of nitrogens with one attached hydrogen (secondary N) is 2. The van der Waals surface area contributed by atoms with Gasteiger partial charge in [-0.05, 0) is 23.6 Å². The second-order valence-corrected chi connectivity index (χ2v) is 3.33. The van der Waals surface area contributed by atoms with Gasteiger partial charge in [-0.15, -0.1) is 0 Å². The molecule has 3 nitrogen and oxygen atoms in total. The highest BCUT2D eigenvalue weighted by Gasteiger charge is 1.97.